The molecule has 0 radical (unpaired) electrons. The number of ether oxygens (including phenoxy) is 1. The Hall–Kier alpha value is -1.84. The minimum Gasteiger partial charge on any atom is -0.496 e. The van der Waals surface area contributed by atoms with Gasteiger partial charge in [-0.1, -0.05) is 56.3 Å². The van der Waals surface area contributed by atoms with Crippen LogP contribution in [0.25, 0.3) is 0 Å². The molecule has 0 saturated heterocycles. The summed E-state index contributed by atoms with van der Waals surface area (Å²) >= 11 is 0. The molecular weight excluding hydrogens is 260 g/mol. The van der Waals surface area contributed by atoms with Crippen molar-refractivity contribution in [2.24, 2.45) is 5.84 Å². The molecule has 0 spiro atoms. The highest BCUT2D eigenvalue weighted by Crippen LogP contribution is 2.27. The van der Waals surface area contributed by atoms with Gasteiger partial charge in [0.05, 0.1) is 13.2 Å². The summed E-state index contributed by atoms with van der Waals surface area (Å²) < 4.78 is 5.42. The molecule has 112 valence electrons. The number of nitrogens with two attached hydrogens (primary N) is 1. The lowest BCUT2D eigenvalue weighted by molar-refractivity contribution is 0.399. The molecular formula is C18H24N2O. The zero-order chi connectivity index (χ0) is 15.2. The molecule has 2 aromatic carbocycles. The van der Waals surface area contributed by atoms with Crippen LogP contribution in [0, 0.1) is 0 Å². The van der Waals surface area contributed by atoms with Crippen LogP contribution in [0.15, 0.2) is 48.5 Å². The Morgan fingerprint density at radius 2 is 1.71 bits per heavy atom. The van der Waals surface area contributed by atoms with Gasteiger partial charge in [-0.2, -0.15) is 0 Å². The summed E-state index contributed by atoms with van der Waals surface area (Å²) in [5.74, 6) is 7.16. The van der Waals surface area contributed by atoms with Gasteiger partial charge in [0.2, 0.25) is 0 Å². The van der Waals surface area contributed by atoms with Crippen molar-refractivity contribution < 1.29 is 4.74 Å². The third kappa shape index (κ3) is 3.84. The Labute approximate surface area is 127 Å². The molecule has 0 bridgehead atoms. The Bertz CT molecular complexity index is 564. The molecule has 0 aromatic heterocycles. The number of rotatable bonds is 6. The van der Waals surface area contributed by atoms with E-state index >= 15 is 0 Å². The van der Waals surface area contributed by atoms with Crippen LogP contribution in [-0.2, 0) is 6.42 Å². The Kier molecular flexibility index (Phi) is 5.37. The molecule has 0 heterocycles. The van der Waals surface area contributed by atoms with Crippen molar-refractivity contribution in [3.8, 4) is 5.75 Å². The second-order valence-electron chi connectivity index (χ2n) is 5.56. The first-order valence-corrected chi connectivity index (χ1v) is 7.33. The molecule has 3 N–H and O–H groups in total. The molecule has 2 aromatic rings. The lowest BCUT2D eigenvalue weighted by atomic mass is 9.96. The van der Waals surface area contributed by atoms with E-state index in [0.717, 1.165) is 17.7 Å². The SMILES string of the molecule is COc1ccccc1C(Cc1ccc(C(C)C)cc1)NN. The van der Waals surface area contributed by atoms with E-state index in [4.69, 9.17) is 10.6 Å². The number of hydrazine groups is 1. The van der Waals surface area contributed by atoms with Crippen LogP contribution in [0.1, 0.15) is 42.5 Å². The minimum atomic E-state index is 0.0334. The van der Waals surface area contributed by atoms with Crippen LogP contribution in [-0.4, -0.2) is 7.11 Å². The summed E-state index contributed by atoms with van der Waals surface area (Å²) in [4.78, 5) is 0. The number of para-hydroxylation sites is 1. The van der Waals surface area contributed by atoms with E-state index in [1.54, 1.807) is 7.11 Å². The van der Waals surface area contributed by atoms with Crippen molar-refractivity contribution in [3.63, 3.8) is 0 Å². The van der Waals surface area contributed by atoms with Gasteiger partial charge >= 0.3 is 0 Å². The lowest BCUT2D eigenvalue weighted by Gasteiger charge is -2.19. The first-order chi connectivity index (χ1) is 10.2. The van der Waals surface area contributed by atoms with Crippen molar-refractivity contribution in [2.75, 3.05) is 7.11 Å². The predicted octanol–water partition coefficient (Wildman–Crippen LogP) is 3.57. The van der Waals surface area contributed by atoms with Crippen LogP contribution < -0.4 is 16.0 Å². The molecule has 3 heteroatoms. The molecule has 0 fully saturated rings. The zero-order valence-corrected chi connectivity index (χ0v) is 13.0. The van der Waals surface area contributed by atoms with Crippen molar-refractivity contribution in [2.45, 2.75) is 32.2 Å². The fourth-order valence-corrected chi connectivity index (χ4v) is 2.49. The third-order valence-electron chi connectivity index (χ3n) is 3.80. The van der Waals surface area contributed by atoms with E-state index in [1.165, 1.54) is 11.1 Å². The number of methoxy groups -OCH3 is 1. The molecule has 21 heavy (non-hydrogen) atoms. The van der Waals surface area contributed by atoms with Crippen molar-refractivity contribution in [1.29, 1.82) is 0 Å². The van der Waals surface area contributed by atoms with Crippen LogP contribution >= 0.6 is 0 Å². The summed E-state index contributed by atoms with van der Waals surface area (Å²) in [5.41, 5.74) is 6.59. The number of benzene rings is 2. The van der Waals surface area contributed by atoms with E-state index in [9.17, 15) is 0 Å². The van der Waals surface area contributed by atoms with E-state index in [0.29, 0.717) is 5.92 Å². The first-order valence-electron chi connectivity index (χ1n) is 7.33. The van der Waals surface area contributed by atoms with E-state index < -0.39 is 0 Å². The quantitative estimate of drug-likeness (QED) is 0.630. The number of hydrogen-bond donors (Lipinski definition) is 2. The van der Waals surface area contributed by atoms with Crippen molar-refractivity contribution in [3.05, 3.63) is 65.2 Å². The van der Waals surface area contributed by atoms with Gasteiger partial charge in [-0.15, -0.1) is 0 Å². The smallest absolute Gasteiger partial charge is 0.123 e. The lowest BCUT2D eigenvalue weighted by Crippen LogP contribution is -2.29. The highest BCUT2D eigenvalue weighted by Gasteiger charge is 2.15. The topological polar surface area (TPSA) is 47.3 Å². The average molecular weight is 284 g/mol. The fraction of sp³-hybridized carbons (Fsp3) is 0.333. The number of nitrogens with one attached hydrogen (secondary N) is 1. The van der Waals surface area contributed by atoms with Gasteiger partial charge in [0.25, 0.3) is 0 Å². The van der Waals surface area contributed by atoms with Crippen molar-refractivity contribution in [1.82, 2.24) is 5.43 Å². The molecule has 0 aliphatic rings. The summed E-state index contributed by atoms with van der Waals surface area (Å²) in [6.45, 7) is 4.40. The number of hydrogen-bond acceptors (Lipinski definition) is 3. The molecule has 2 rings (SSSR count). The molecule has 3 nitrogen and oxygen atoms in total. The largest absolute Gasteiger partial charge is 0.496 e. The van der Waals surface area contributed by atoms with Crippen LogP contribution in [0.4, 0.5) is 0 Å². The minimum absolute atomic E-state index is 0.0334. The van der Waals surface area contributed by atoms with Crippen LogP contribution in [0.3, 0.4) is 0 Å². The molecule has 1 unspecified atom stereocenters. The highest BCUT2D eigenvalue weighted by molar-refractivity contribution is 5.37. The summed E-state index contributed by atoms with van der Waals surface area (Å²) in [6.07, 6.45) is 0.829. The summed E-state index contributed by atoms with van der Waals surface area (Å²) in [7, 11) is 1.68. The Balaban J connectivity index is 2.19. The Morgan fingerprint density at radius 1 is 1.05 bits per heavy atom. The normalized spacial score (nSPS) is 12.4. The van der Waals surface area contributed by atoms with E-state index in [2.05, 4.69) is 43.5 Å². The van der Waals surface area contributed by atoms with Crippen molar-refractivity contribution >= 4 is 0 Å². The second-order valence-corrected chi connectivity index (χ2v) is 5.56. The fourth-order valence-electron chi connectivity index (χ4n) is 2.49. The van der Waals surface area contributed by atoms with Gasteiger partial charge in [-0.3, -0.25) is 11.3 Å². The maximum atomic E-state index is 5.75. The maximum Gasteiger partial charge on any atom is 0.123 e. The second kappa shape index (κ2) is 7.25. The van der Waals surface area contributed by atoms with Gasteiger partial charge in [-0.05, 0) is 29.5 Å². The molecule has 0 aliphatic heterocycles. The molecule has 0 aliphatic carbocycles. The maximum absolute atomic E-state index is 5.75. The van der Waals surface area contributed by atoms with Gasteiger partial charge in [0, 0.05) is 5.56 Å². The van der Waals surface area contributed by atoms with E-state index in [-0.39, 0.29) is 6.04 Å². The monoisotopic (exact) mass is 284 g/mol. The standard InChI is InChI=1S/C18H24N2O/c1-13(2)15-10-8-14(9-11-15)12-17(20-19)16-6-4-5-7-18(16)21-3/h4-11,13,17,20H,12,19H2,1-3H3. The Morgan fingerprint density at radius 3 is 2.29 bits per heavy atom. The third-order valence-corrected chi connectivity index (χ3v) is 3.80. The average Bonchev–Trinajstić information content (AvgIpc) is 2.53. The first kappa shape index (κ1) is 15.5. The van der Waals surface area contributed by atoms with Crippen LogP contribution in [0.5, 0.6) is 5.75 Å². The van der Waals surface area contributed by atoms with Gasteiger partial charge in [0.1, 0.15) is 5.75 Å². The van der Waals surface area contributed by atoms with Gasteiger partial charge < -0.3 is 4.74 Å². The van der Waals surface area contributed by atoms with Crippen LogP contribution in [0.2, 0.25) is 0 Å². The molecule has 0 saturated carbocycles. The zero-order valence-electron chi connectivity index (χ0n) is 13.0. The highest BCUT2D eigenvalue weighted by atomic mass is 16.5. The van der Waals surface area contributed by atoms with Gasteiger partial charge in [-0.25, -0.2) is 0 Å². The predicted molar refractivity (Wildman–Crippen MR) is 87.3 cm³/mol. The summed E-state index contributed by atoms with van der Waals surface area (Å²) in [5, 5.41) is 0. The van der Waals surface area contributed by atoms with E-state index in [1.807, 2.05) is 24.3 Å². The van der Waals surface area contributed by atoms with Gasteiger partial charge in [0.15, 0.2) is 0 Å². The molecule has 1 atom stereocenters. The summed E-state index contributed by atoms with van der Waals surface area (Å²) in [6, 6.07) is 16.7. The molecule has 0 amide bonds.